The van der Waals surface area contributed by atoms with Crippen molar-refractivity contribution >= 4 is 17.3 Å². The molecule has 1 aliphatic carbocycles. The average molecular weight is 172 g/mol. The monoisotopic (exact) mass is 172 g/mol. The van der Waals surface area contributed by atoms with Gasteiger partial charge in [-0.25, -0.2) is 0 Å². The highest BCUT2D eigenvalue weighted by molar-refractivity contribution is 7.80. The van der Waals surface area contributed by atoms with Crippen LogP contribution in [0.5, 0.6) is 0 Å². The van der Waals surface area contributed by atoms with Crippen LogP contribution in [0, 0.1) is 5.41 Å². The number of hydrogen-bond donors (Lipinski definition) is 2. The van der Waals surface area contributed by atoms with E-state index in [0.717, 1.165) is 0 Å². The lowest BCUT2D eigenvalue weighted by Crippen LogP contribution is -2.37. The summed E-state index contributed by atoms with van der Waals surface area (Å²) in [6.45, 7) is 4.57. The van der Waals surface area contributed by atoms with Gasteiger partial charge in [0.05, 0.1) is 0 Å². The molecule has 1 aliphatic rings. The van der Waals surface area contributed by atoms with Gasteiger partial charge in [0.2, 0.25) is 0 Å². The summed E-state index contributed by atoms with van der Waals surface area (Å²) in [7, 11) is 0. The highest BCUT2D eigenvalue weighted by atomic mass is 32.1. The Morgan fingerprint density at radius 3 is 2.64 bits per heavy atom. The molecule has 3 N–H and O–H groups in total. The van der Waals surface area contributed by atoms with Crippen molar-refractivity contribution in [1.82, 2.24) is 5.32 Å². The molecule has 1 unspecified atom stereocenters. The van der Waals surface area contributed by atoms with Crippen LogP contribution in [0.4, 0.5) is 0 Å². The molecule has 0 aromatic rings. The normalized spacial score (nSPS) is 28.4. The lowest BCUT2D eigenvalue weighted by atomic mass is 9.92. The van der Waals surface area contributed by atoms with E-state index in [9.17, 15) is 0 Å². The summed E-state index contributed by atoms with van der Waals surface area (Å²) in [5.41, 5.74) is 5.86. The van der Waals surface area contributed by atoms with E-state index >= 15 is 0 Å². The molecule has 0 bridgehead atoms. The topological polar surface area (TPSA) is 38.0 Å². The largest absolute Gasteiger partial charge is 0.376 e. The summed E-state index contributed by atoms with van der Waals surface area (Å²) in [5.74, 6) is 0. The first-order valence-corrected chi connectivity index (χ1v) is 4.46. The van der Waals surface area contributed by atoms with Crippen LogP contribution < -0.4 is 11.1 Å². The molecule has 0 amide bonds. The lowest BCUT2D eigenvalue weighted by molar-refractivity contribution is 0.372. The Hall–Kier alpha value is -0.310. The van der Waals surface area contributed by atoms with E-state index in [1.165, 1.54) is 19.3 Å². The van der Waals surface area contributed by atoms with Gasteiger partial charge in [-0.1, -0.05) is 13.8 Å². The van der Waals surface area contributed by atoms with E-state index in [1.54, 1.807) is 0 Å². The molecule has 64 valence electrons. The molecule has 0 radical (unpaired) electrons. The molecule has 3 heteroatoms. The van der Waals surface area contributed by atoms with E-state index in [0.29, 0.717) is 16.6 Å². The van der Waals surface area contributed by atoms with E-state index in [4.69, 9.17) is 18.0 Å². The van der Waals surface area contributed by atoms with Crippen LogP contribution in [-0.4, -0.2) is 11.2 Å². The second-order valence-corrected chi connectivity index (χ2v) is 4.55. The molecule has 1 fully saturated rings. The van der Waals surface area contributed by atoms with Crippen molar-refractivity contribution in [3.05, 3.63) is 0 Å². The zero-order valence-corrected chi connectivity index (χ0v) is 8.00. The fraction of sp³-hybridized carbons (Fsp3) is 0.875. The Labute approximate surface area is 73.5 Å². The van der Waals surface area contributed by atoms with Crippen molar-refractivity contribution in [3.63, 3.8) is 0 Å². The summed E-state index contributed by atoms with van der Waals surface area (Å²) in [5, 5.41) is 3.54. The number of rotatable bonds is 1. The van der Waals surface area contributed by atoms with Gasteiger partial charge in [-0.05, 0) is 36.9 Å². The van der Waals surface area contributed by atoms with Gasteiger partial charge in [0.25, 0.3) is 0 Å². The molecular formula is C8H16N2S. The predicted octanol–water partition coefficient (Wildman–Crippen LogP) is 1.40. The second kappa shape index (κ2) is 2.97. The highest BCUT2D eigenvalue weighted by Crippen LogP contribution is 2.36. The smallest absolute Gasteiger partial charge is 0.163 e. The number of thiocarbonyl (C=S) groups is 1. The molecule has 0 aromatic carbocycles. The lowest BCUT2D eigenvalue weighted by Gasteiger charge is -2.17. The van der Waals surface area contributed by atoms with Gasteiger partial charge in [0, 0.05) is 6.04 Å². The van der Waals surface area contributed by atoms with E-state index in [-0.39, 0.29) is 0 Å². The quantitative estimate of drug-likeness (QED) is 0.587. The molecule has 1 atom stereocenters. The first-order valence-electron chi connectivity index (χ1n) is 4.06. The first kappa shape index (κ1) is 8.78. The van der Waals surface area contributed by atoms with E-state index < -0.39 is 0 Å². The van der Waals surface area contributed by atoms with Gasteiger partial charge in [-0.3, -0.25) is 0 Å². The second-order valence-electron chi connectivity index (χ2n) is 4.11. The Balaban J connectivity index is 2.36. The Bertz CT molecular complexity index is 165. The van der Waals surface area contributed by atoms with Crippen molar-refractivity contribution in [2.45, 2.75) is 39.2 Å². The zero-order chi connectivity index (χ0) is 8.48. The summed E-state index contributed by atoms with van der Waals surface area (Å²) >= 11 is 4.77. The number of hydrogen-bond acceptors (Lipinski definition) is 1. The number of nitrogens with two attached hydrogens (primary N) is 1. The molecule has 0 spiro atoms. The minimum Gasteiger partial charge on any atom is -0.376 e. The van der Waals surface area contributed by atoms with Crippen LogP contribution in [0.3, 0.4) is 0 Å². The van der Waals surface area contributed by atoms with E-state index in [1.807, 2.05) is 0 Å². The Morgan fingerprint density at radius 2 is 2.27 bits per heavy atom. The van der Waals surface area contributed by atoms with Gasteiger partial charge in [0.1, 0.15) is 0 Å². The molecular weight excluding hydrogens is 156 g/mol. The summed E-state index contributed by atoms with van der Waals surface area (Å²) in [6, 6.07) is 0.516. The molecule has 1 saturated carbocycles. The van der Waals surface area contributed by atoms with Crippen molar-refractivity contribution in [2.75, 3.05) is 0 Å². The van der Waals surface area contributed by atoms with Gasteiger partial charge < -0.3 is 11.1 Å². The van der Waals surface area contributed by atoms with Crippen LogP contribution in [0.1, 0.15) is 33.1 Å². The molecule has 0 aromatic heterocycles. The standard InChI is InChI=1S/C8H16N2S/c1-8(2)4-3-6(5-8)10-7(9)11/h6H,3-5H2,1-2H3,(H3,9,10,11). The molecule has 0 aliphatic heterocycles. The molecule has 0 saturated heterocycles. The van der Waals surface area contributed by atoms with Crippen molar-refractivity contribution in [3.8, 4) is 0 Å². The fourth-order valence-electron chi connectivity index (χ4n) is 1.76. The van der Waals surface area contributed by atoms with Gasteiger partial charge >= 0.3 is 0 Å². The number of nitrogens with one attached hydrogen (secondary N) is 1. The summed E-state index contributed by atoms with van der Waals surface area (Å²) < 4.78 is 0. The highest BCUT2D eigenvalue weighted by Gasteiger charge is 2.30. The third kappa shape index (κ3) is 2.66. The molecule has 0 heterocycles. The van der Waals surface area contributed by atoms with Crippen molar-refractivity contribution in [2.24, 2.45) is 11.1 Å². The predicted molar refractivity (Wildman–Crippen MR) is 51.3 cm³/mol. The molecule has 1 rings (SSSR count). The first-order chi connectivity index (χ1) is 4.99. The average Bonchev–Trinajstić information content (AvgIpc) is 2.08. The van der Waals surface area contributed by atoms with Crippen LogP contribution >= 0.6 is 12.2 Å². The van der Waals surface area contributed by atoms with Crippen LogP contribution in [0.15, 0.2) is 0 Å². The van der Waals surface area contributed by atoms with Crippen LogP contribution in [0.25, 0.3) is 0 Å². The zero-order valence-electron chi connectivity index (χ0n) is 7.18. The van der Waals surface area contributed by atoms with E-state index in [2.05, 4.69) is 19.2 Å². The Morgan fingerprint density at radius 1 is 1.64 bits per heavy atom. The SMILES string of the molecule is CC1(C)CCC(NC(N)=S)C1. The minimum atomic E-state index is 0.438. The third-order valence-corrected chi connectivity index (χ3v) is 2.43. The fourth-order valence-corrected chi connectivity index (χ4v) is 1.93. The molecule has 11 heavy (non-hydrogen) atoms. The van der Waals surface area contributed by atoms with Crippen LogP contribution in [0.2, 0.25) is 0 Å². The third-order valence-electron chi connectivity index (χ3n) is 2.31. The van der Waals surface area contributed by atoms with Gasteiger partial charge in [-0.15, -0.1) is 0 Å². The Kier molecular flexibility index (Phi) is 2.37. The van der Waals surface area contributed by atoms with Crippen molar-refractivity contribution in [1.29, 1.82) is 0 Å². The van der Waals surface area contributed by atoms with Crippen molar-refractivity contribution < 1.29 is 0 Å². The van der Waals surface area contributed by atoms with Gasteiger partial charge in [-0.2, -0.15) is 0 Å². The maximum atomic E-state index is 5.38. The summed E-state index contributed by atoms with van der Waals surface area (Å²) in [4.78, 5) is 0. The van der Waals surface area contributed by atoms with Crippen LogP contribution in [-0.2, 0) is 0 Å². The summed E-state index contributed by atoms with van der Waals surface area (Å²) in [6.07, 6.45) is 3.65. The van der Waals surface area contributed by atoms with Gasteiger partial charge in [0.15, 0.2) is 5.11 Å². The maximum absolute atomic E-state index is 5.38. The maximum Gasteiger partial charge on any atom is 0.163 e. The minimum absolute atomic E-state index is 0.438. The molecule has 2 nitrogen and oxygen atoms in total.